The molecule has 2 N–H and O–H groups in total. The van der Waals surface area contributed by atoms with Gasteiger partial charge in [-0.25, -0.2) is 0 Å². The average Bonchev–Trinajstić information content (AvgIpc) is 2.92. The molecule has 6 heteroatoms. The lowest BCUT2D eigenvalue weighted by atomic mass is 10.2. The highest BCUT2D eigenvalue weighted by molar-refractivity contribution is 7.99. The van der Waals surface area contributed by atoms with Gasteiger partial charge in [0.25, 0.3) is 5.91 Å². The molecule has 0 aliphatic carbocycles. The molecule has 5 nitrogen and oxygen atoms in total. The van der Waals surface area contributed by atoms with Crippen molar-refractivity contribution in [3.05, 3.63) is 29.8 Å². The van der Waals surface area contributed by atoms with E-state index in [1.54, 1.807) is 50.1 Å². The van der Waals surface area contributed by atoms with Crippen LogP contribution in [0.5, 0.6) is 0 Å². The molecule has 102 valence electrons. The maximum Gasteiger partial charge on any atom is 0.253 e. The second kappa shape index (κ2) is 6.08. The summed E-state index contributed by atoms with van der Waals surface area (Å²) in [5, 5.41) is 5.95. The summed E-state index contributed by atoms with van der Waals surface area (Å²) in [5.41, 5.74) is 1.32. The van der Waals surface area contributed by atoms with Crippen LogP contribution in [-0.4, -0.2) is 48.5 Å². The molecule has 1 heterocycles. The normalized spacial score (nSPS) is 18.1. The molecule has 1 aliphatic rings. The van der Waals surface area contributed by atoms with Crippen LogP contribution in [0.4, 0.5) is 5.69 Å². The molecule has 0 saturated carbocycles. The highest BCUT2D eigenvalue weighted by atomic mass is 32.2. The van der Waals surface area contributed by atoms with Crippen molar-refractivity contribution in [3.8, 4) is 0 Å². The molecule has 1 unspecified atom stereocenters. The van der Waals surface area contributed by atoms with Crippen molar-refractivity contribution in [2.24, 2.45) is 0 Å². The molecule has 2 amide bonds. The molecule has 1 aromatic rings. The largest absolute Gasteiger partial charge is 0.345 e. The Hall–Kier alpha value is -1.53. The van der Waals surface area contributed by atoms with Gasteiger partial charge in [-0.15, -0.1) is 11.8 Å². The zero-order valence-corrected chi connectivity index (χ0v) is 11.8. The Labute approximate surface area is 116 Å². The maximum atomic E-state index is 11.9. The van der Waals surface area contributed by atoms with Crippen LogP contribution in [0.15, 0.2) is 24.3 Å². The number of benzene rings is 1. The predicted molar refractivity (Wildman–Crippen MR) is 77.3 cm³/mol. The summed E-state index contributed by atoms with van der Waals surface area (Å²) in [6.45, 7) is 0. The average molecular weight is 279 g/mol. The highest BCUT2D eigenvalue weighted by Crippen LogP contribution is 2.14. The van der Waals surface area contributed by atoms with Crippen molar-refractivity contribution in [1.82, 2.24) is 10.2 Å². The number of rotatable bonds is 3. The number of hydrogen-bond acceptors (Lipinski definition) is 4. The van der Waals surface area contributed by atoms with Gasteiger partial charge >= 0.3 is 0 Å². The lowest BCUT2D eigenvalue weighted by Gasteiger charge is -2.12. The van der Waals surface area contributed by atoms with E-state index >= 15 is 0 Å². The molecule has 1 saturated heterocycles. The van der Waals surface area contributed by atoms with Crippen LogP contribution < -0.4 is 10.6 Å². The molecule has 0 spiro atoms. The van der Waals surface area contributed by atoms with Gasteiger partial charge in [0, 0.05) is 37.0 Å². The summed E-state index contributed by atoms with van der Waals surface area (Å²) >= 11 is 1.71. The zero-order chi connectivity index (χ0) is 13.8. The van der Waals surface area contributed by atoms with E-state index in [0.717, 1.165) is 11.6 Å². The van der Waals surface area contributed by atoms with Crippen molar-refractivity contribution in [1.29, 1.82) is 0 Å². The first-order chi connectivity index (χ1) is 9.08. The summed E-state index contributed by atoms with van der Waals surface area (Å²) in [7, 11) is 3.42. The molecule has 0 aromatic heterocycles. The molecule has 1 atom stereocenters. The Bertz CT molecular complexity index is 467. The summed E-state index contributed by atoms with van der Waals surface area (Å²) in [5.74, 6) is 1.53. The maximum absolute atomic E-state index is 11.9. The van der Waals surface area contributed by atoms with Gasteiger partial charge in [-0.3, -0.25) is 14.9 Å². The van der Waals surface area contributed by atoms with Gasteiger partial charge in [0.15, 0.2) is 0 Å². The van der Waals surface area contributed by atoms with Crippen molar-refractivity contribution >= 4 is 29.3 Å². The predicted octanol–water partition coefficient (Wildman–Crippen LogP) is 0.989. The van der Waals surface area contributed by atoms with Gasteiger partial charge in [-0.05, 0) is 24.3 Å². The van der Waals surface area contributed by atoms with Gasteiger partial charge in [0.1, 0.15) is 0 Å². The Morgan fingerprint density at radius 2 is 2.00 bits per heavy atom. The van der Waals surface area contributed by atoms with Crippen LogP contribution in [0.1, 0.15) is 10.4 Å². The smallest absolute Gasteiger partial charge is 0.253 e. The SMILES string of the molecule is CN(C)C(=O)c1ccc(NC(=O)C2CSCN2)cc1. The van der Waals surface area contributed by atoms with Gasteiger partial charge in [0.05, 0.1) is 6.04 Å². The van der Waals surface area contributed by atoms with E-state index in [2.05, 4.69) is 10.6 Å². The van der Waals surface area contributed by atoms with E-state index in [-0.39, 0.29) is 17.9 Å². The first kappa shape index (κ1) is 13.9. The van der Waals surface area contributed by atoms with Crippen LogP contribution in [0.25, 0.3) is 0 Å². The lowest BCUT2D eigenvalue weighted by Crippen LogP contribution is -2.37. The number of anilines is 1. The van der Waals surface area contributed by atoms with Gasteiger partial charge < -0.3 is 10.2 Å². The van der Waals surface area contributed by atoms with E-state index in [0.29, 0.717) is 11.3 Å². The quantitative estimate of drug-likeness (QED) is 0.866. The van der Waals surface area contributed by atoms with Crippen LogP contribution in [-0.2, 0) is 4.79 Å². The second-order valence-electron chi connectivity index (χ2n) is 4.54. The third-order valence-electron chi connectivity index (χ3n) is 2.84. The van der Waals surface area contributed by atoms with E-state index in [1.165, 1.54) is 4.90 Å². The van der Waals surface area contributed by atoms with E-state index in [9.17, 15) is 9.59 Å². The highest BCUT2D eigenvalue weighted by Gasteiger charge is 2.22. The topological polar surface area (TPSA) is 61.4 Å². The first-order valence-electron chi connectivity index (χ1n) is 6.01. The van der Waals surface area contributed by atoms with Crippen LogP contribution in [0.3, 0.4) is 0 Å². The number of nitrogens with zero attached hydrogens (tertiary/aromatic N) is 1. The van der Waals surface area contributed by atoms with Gasteiger partial charge in [-0.1, -0.05) is 0 Å². The molecular weight excluding hydrogens is 262 g/mol. The summed E-state index contributed by atoms with van der Waals surface area (Å²) in [6.07, 6.45) is 0. The molecule has 0 bridgehead atoms. The summed E-state index contributed by atoms with van der Waals surface area (Å²) in [4.78, 5) is 25.1. The monoisotopic (exact) mass is 279 g/mol. The number of hydrogen-bond donors (Lipinski definition) is 2. The summed E-state index contributed by atoms with van der Waals surface area (Å²) < 4.78 is 0. The number of nitrogens with one attached hydrogen (secondary N) is 2. The molecule has 1 aromatic carbocycles. The standard InChI is InChI=1S/C13H17N3O2S/c1-16(2)13(18)9-3-5-10(6-4-9)15-12(17)11-7-19-8-14-11/h3-6,11,14H,7-8H2,1-2H3,(H,15,17). The fraction of sp³-hybridized carbons (Fsp3) is 0.385. The third-order valence-corrected chi connectivity index (χ3v) is 3.78. The number of carbonyl (C=O) groups is 2. The van der Waals surface area contributed by atoms with Crippen molar-refractivity contribution in [2.45, 2.75) is 6.04 Å². The Kier molecular flexibility index (Phi) is 4.44. The molecule has 2 rings (SSSR count). The van der Waals surface area contributed by atoms with Crippen molar-refractivity contribution in [3.63, 3.8) is 0 Å². The molecule has 19 heavy (non-hydrogen) atoms. The number of amides is 2. The fourth-order valence-corrected chi connectivity index (χ4v) is 2.69. The minimum absolute atomic E-state index is 0.0308. The minimum Gasteiger partial charge on any atom is -0.345 e. The van der Waals surface area contributed by atoms with Crippen LogP contribution in [0, 0.1) is 0 Å². The fourth-order valence-electron chi connectivity index (χ4n) is 1.75. The first-order valence-corrected chi connectivity index (χ1v) is 7.17. The van der Waals surface area contributed by atoms with Gasteiger partial charge in [-0.2, -0.15) is 0 Å². The number of carbonyl (C=O) groups excluding carboxylic acids is 2. The molecular formula is C13H17N3O2S. The second-order valence-corrected chi connectivity index (χ2v) is 5.57. The molecule has 1 aliphatic heterocycles. The Morgan fingerprint density at radius 1 is 1.32 bits per heavy atom. The van der Waals surface area contributed by atoms with E-state index < -0.39 is 0 Å². The molecule has 0 radical (unpaired) electrons. The minimum atomic E-state index is -0.131. The Balaban J connectivity index is 1.98. The zero-order valence-electron chi connectivity index (χ0n) is 11.0. The van der Waals surface area contributed by atoms with Gasteiger partial charge in [0.2, 0.25) is 5.91 Å². The third kappa shape index (κ3) is 3.48. The summed E-state index contributed by atoms with van der Waals surface area (Å²) in [6, 6.07) is 6.80. The lowest BCUT2D eigenvalue weighted by molar-refractivity contribution is -0.117. The molecule has 1 fully saturated rings. The van der Waals surface area contributed by atoms with Crippen molar-refractivity contribution in [2.75, 3.05) is 31.0 Å². The van der Waals surface area contributed by atoms with E-state index in [1.807, 2.05) is 0 Å². The van der Waals surface area contributed by atoms with E-state index in [4.69, 9.17) is 0 Å². The van der Waals surface area contributed by atoms with Crippen LogP contribution in [0.2, 0.25) is 0 Å². The van der Waals surface area contributed by atoms with Crippen LogP contribution >= 0.6 is 11.8 Å². The Morgan fingerprint density at radius 3 is 2.53 bits per heavy atom. The number of thioether (sulfide) groups is 1. The van der Waals surface area contributed by atoms with Crippen molar-refractivity contribution < 1.29 is 9.59 Å².